The van der Waals surface area contributed by atoms with E-state index in [2.05, 4.69) is 5.32 Å². The summed E-state index contributed by atoms with van der Waals surface area (Å²) in [5.74, 6) is 0.846. The number of amides is 1. The maximum atomic E-state index is 12.3. The van der Waals surface area contributed by atoms with Gasteiger partial charge in [0.1, 0.15) is 11.5 Å². The first-order valence-corrected chi connectivity index (χ1v) is 7.28. The first kappa shape index (κ1) is 15.2. The molecule has 0 aliphatic rings. The molecule has 1 unspecified atom stereocenters. The molecule has 2 aromatic rings. The molecule has 2 aromatic heterocycles. The van der Waals surface area contributed by atoms with Crippen molar-refractivity contribution < 1.29 is 9.21 Å². The molecular formula is C16H23N3O2. The van der Waals surface area contributed by atoms with Crippen LogP contribution >= 0.6 is 0 Å². The van der Waals surface area contributed by atoms with E-state index in [1.54, 1.807) is 18.5 Å². The number of nitrogens with one attached hydrogen (secondary N) is 1. The van der Waals surface area contributed by atoms with Gasteiger partial charge in [-0.1, -0.05) is 0 Å². The van der Waals surface area contributed by atoms with Gasteiger partial charge in [-0.3, -0.25) is 4.79 Å². The Morgan fingerprint density at radius 3 is 2.81 bits per heavy atom. The molecule has 0 saturated heterocycles. The predicted octanol–water partition coefficient (Wildman–Crippen LogP) is 3.00. The maximum Gasteiger partial charge on any atom is 0.268 e. The Morgan fingerprint density at radius 2 is 2.19 bits per heavy atom. The molecule has 0 aliphatic carbocycles. The lowest BCUT2D eigenvalue weighted by Crippen LogP contribution is -2.34. The molecule has 5 heteroatoms. The van der Waals surface area contributed by atoms with E-state index in [4.69, 9.17) is 10.2 Å². The third kappa shape index (κ3) is 3.90. The number of furan rings is 1. The van der Waals surface area contributed by atoms with Gasteiger partial charge in [-0.15, -0.1) is 0 Å². The van der Waals surface area contributed by atoms with Crippen molar-refractivity contribution in [3.05, 3.63) is 42.1 Å². The number of aromatic nitrogens is 1. The van der Waals surface area contributed by atoms with Crippen molar-refractivity contribution in [1.82, 2.24) is 9.88 Å². The Hall–Kier alpha value is -2.17. The van der Waals surface area contributed by atoms with Crippen LogP contribution < -0.4 is 11.1 Å². The Bertz CT molecular complexity index is 585. The van der Waals surface area contributed by atoms with E-state index in [1.165, 1.54) is 0 Å². The Morgan fingerprint density at radius 1 is 1.43 bits per heavy atom. The highest BCUT2D eigenvalue weighted by Gasteiger charge is 2.16. The van der Waals surface area contributed by atoms with Crippen molar-refractivity contribution in [2.24, 2.45) is 0 Å². The van der Waals surface area contributed by atoms with Gasteiger partial charge in [0.05, 0.1) is 12.0 Å². The quantitative estimate of drug-likeness (QED) is 0.858. The number of anilines is 1. The fourth-order valence-electron chi connectivity index (χ4n) is 2.29. The molecule has 3 N–H and O–H groups in total. The van der Waals surface area contributed by atoms with Crippen LogP contribution in [0.5, 0.6) is 0 Å². The average molecular weight is 289 g/mol. The second kappa shape index (κ2) is 6.52. The van der Waals surface area contributed by atoms with E-state index in [0.717, 1.165) is 18.6 Å². The van der Waals surface area contributed by atoms with Crippen LogP contribution in [-0.4, -0.2) is 16.5 Å². The molecule has 0 radical (unpaired) electrons. The second-order valence-corrected chi connectivity index (χ2v) is 5.65. The molecular weight excluding hydrogens is 266 g/mol. The summed E-state index contributed by atoms with van der Waals surface area (Å²) in [7, 11) is 0. The normalized spacial score (nSPS) is 12.6. The fourth-order valence-corrected chi connectivity index (χ4v) is 2.29. The predicted molar refractivity (Wildman–Crippen MR) is 83.2 cm³/mol. The number of nitrogen functional groups attached to an aromatic ring is 1. The summed E-state index contributed by atoms with van der Waals surface area (Å²) in [6.45, 7) is 6.04. The van der Waals surface area contributed by atoms with Gasteiger partial charge < -0.3 is 20.0 Å². The number of hydrogen-bond donors (Lipinski definition) is 2. The lowest BCUT2D eigenvalue weighted by atomic mass is 10.1. The zero-order chi connectivity index (χ0) is 15.4. The van der Waals surface area contributed by atoms with Crippen LogP contribution in [0.1, 0.15) is 49.5 Å². The van der Waals surface area contributed by atoms with Crippen LogP contribution in [0.2, 0.25) is 0 Å². The molecule has 1 atom stereocenters. The highest BCUT2D eigenvalue weighted by Crippen LogP contribution is 2.16. The summed E-state index contributed by atoms with van der Waals surface area (Å²) in [6, 6.07) is 5.80. The molecule has 0 spiro atoms. The smallest absolute Gasteiger partial charge is 0.268 e. The first-order valence-electron chi connectivity index (χ1n) is 7.28. The van der Waals surface area contributed by atoms with Crippen molar-refractivity contribution in [2.45, 2.75) is 45.7 Å². The minimum absolute atomic E-state index is 0.0688. The number of nitrogens with zero attached hydrogens (tertiary/aromatic N) is 1. The van der Waals surface area contributed by atoms with Gasteiger partial charge in [-0.05, 0) is 45.4 Å². The molecule has 0 bridgehead atoms. The SMILES string of the molecule is CC(CCc1ccco1)NC(=O)c1cc(N)cn1C(C)C. The molecule has 2 heterocycles. The number of aryl methyl sites for hydroxylation is 1. The first-order chi connectivity index (χ1) is 9.97. The zero-order valence-electron chi connectivity index (χ0n) is 12.8. The van der Waals surface area contributed by atoms with Gasteiger partial charge in [0, 0.05) is 24.7 Å². The van der Waals surface area contributed by atoms with Crippen LogP contribution in [0, 0.1) is 0 Å². The molecule has 1 amide bonds. The van der Waals surface area contributed by atoms with E-state index >= 15 is 0 Å². The summed E-state index contributed by atoms with van der Waals surface area (Å²) in [5.41, 5.74) is 7.01. The van der Waals surface area contributed by atoms with Crippen molar-refractivity contribution >= 4 is 11.6 Å². The van der Waals surface area contributed by atoms with Crippen LogP contribution in [-0.2, 0) is 6.42 Å². The molecule has 0 fully saturated rings. The van der Waals surface area contributed by atoms with Gasteiger partial charge in [0.15, 0.2) is 0 Å². The topological polar surface area (TPSA) is 73.2 Å². The van der Waals surface area contributed by atoms with E-state index in [-0.39, 0.29) is 18.0 Å². The number of hydrogen-bond acceptors (Lipinski definition) is 3. The van der Waals surface area contributed by atoms with Gasteiger partial charge in [-0.25, -0.2) is 0 Å². The highest BCUT2D eigenvalue weighted by molar-refractivity contribution is 5.94. The molecule has 5 nitrogen and oxygen atoms in total. The lowest BCUT2D eigenvalue weighted by Gasteiger charge is -2.16. The lowest BCUT2D eigenvalue weighted by molar-refractivity contribution is 0.0927. The third-order valence-electron chi connectivity index (χ3n) is 3.44. The minimum atomic E-state index is -0.0904. The summed E-state index contributed by atoms with van der Waals surface area (Å²) >= 11 is 0. The van der Waals surface area contributed by atoms with Crippen LogP contribution in [0.15, 0.2) is 35.1 Å². The van der Waals surface area contributed by atoms with Crippen LogP contribution in [0.25, 0.3) is 0 Å². The molecule has 0 saturated carbocycles. The average Bonchev–Trinajstić information content (AvgIpc) is 3.05. The van der Waals surface area contributed by atoms with E-state index in [9.17, 15) is 4.79 Å². The van der Waals surface area contributed by atoms with E-state index in [0.29, 0.717) is 11.4 Å². The molecule has 114 valence electrons. The number of rotatable bonds is 6. The molecule has 0 aliphatic heterocycles. The highest BCUT2D eigenvalue weighted by atomic mass is 16.3. The fraction of sp³-hybridized carbons (Fsp3) is 0.438. The van der Waals surface area contributed by atoms with Crippen molar-refractivity contribution in [1.29, 1.82) is 0 Å². The maximum absolute atomic E-state index is 12.3. The van der Waals surface area contributed by atoms with Crippen LogP contribution in [0.3, 0.4) is 0 Å². The standard InChI is InChI=1S/C16H23N3O2/c1-11(2)19-10-13(17)9-15(19)16(20)18-12(3)6-7-14-5-4-8-21-14/h4-5,8-12H,6-7,17H2,1-3H3,(H,18,20). The Kier molecular flexibility index (Phi) is 4.73. The number of nitrogens with two attached hydrogens (primary N) is 1. The molecule has 0 aromatic carbocycles. The largest absolute Gasteiger partial charge is 0.469 e. The van der Waals surface area contributed by atoms with Gasteiger partial charge in [0.2, 0.25) is 0 Å². The van der Waals surface area contributed by atoms with Crippen molar-refractivity contribution in [2.75, 3.05) is 5.73 Å². The molecule has 2 rings (SSSR count). The monoisotopic (exact) mass is 289 g/mol. The summed E-state index contributed by atoms with van der Waals surface area (Å²) < 4.78 is 7.19. The summed E-state index contributed by atoms with van der Waals surface area (Å²) in [5, 5.41) is 3.01. The van der Waals surface area contributed by atoms with Crippen LogP contribution in [0.4, 0.5) is 5.69 Å². The summed E-state index contributed by atoms with van der Waals surface area (Å²) in [4.78, 5) is 12.3. The Labute approximate surface area is 125 Å². The Balaban J connectivity index is 1.94. The zero-order valence-corrected chi connectivity index (χ0v) is 12.8. The van der Waals surface area contributed by atoms with Gasteiger partial charge in [-0.2, -0.15) is 0 Å². The molecule has 21 heavy (non-hydrogen) atoms. The van der Waals surface area contributed by atoms with E-state index in [1.807, 2.05) is 37.5 Å². The van der Waals surface area contributed by atoms with Gasteiger partial charge in [0.25, 0.3) is 5.91 Å². The number of carbonyl (C=O) groups is 1. The minimum Gasteiger partial charge on any atom is -0.469 e. The number of carbonyl (C=O) groups excluding carboxylic acids is 1. The second-order valence-electron chi connectivity index (χ2n) is 5.65. The van der Waals surface area contributed by atoms with E-state index < -0.39 is 0 Å². The third-order valence-corrected chi connectivity index (χ3v) is 3.44. The van der Waals surface area contributed by atoms with Crippen molar-refractivity contribution in [3.63, 3.8) is 0 Å². The van der Waals surface area contributed by atoms with Gasteiger partial charge >= 0.3 is 0 Å². The summed E-state index contributed by atoms with van der Waals surface area (Å²) in [6.07, 6.45) is 5.10. The van der Waals surface area contributed by atoms with Crippen molar-refractivity contribution in [3.8, 4) is 0 Å².